The van der Waals surface area contributed by atoms with Crippen LogP contribution in [0.5, 0.6) is 17.2 Å². The van der Waals surface area contributed by atoms with Gasteiger partial charge in [0.15, 0.2) is 17.6 Å². The van der Waals surface area contributed by atoms with Crippen LogP contribution in [0.1, 0.15) is 12.5 Å². The molecule has 1 amide bonds. The van der Waals surface area contributed by atoms with Gasteiger partial charge in [0.1, 0.15) is 5.75 Å². The van der Waals surface area contributed by atoms with E-state index in [9.17, 15) is 4.79 Å². The van der Waals surface area contributed by atoms with Crippen LogP contribution in [0.4, 0.5) is 0 Å². The lowest BCUT2D eigenvalue weighted by molar-refractivity contribution is -0.127. The fourth-order valence-electron chi connectivity index (χ4n) is 2.88. The van der Waals surface area contributed by atoms with Gasteiger partial charge >= 0.3 is 0 Å². The second-order valence-corrected chi connectivity index (χ2v) is 6.25. The average molecular weight is 377 g/mol. The molecule has 0 saturated heterocycles. The molecule has 7 nitrogen and oxygen atoms in total. The predicted octanol–water partition coefficient (Wildman–Crippen LogP) is 2.96. The van der Waals surface area contributed by atoms with E-state index in [0.29, 0.717) is 23.8 Å². The average Bonchev–Trinajstić information content (AvgIpc) is 3.20. The van der Waals surface area contributed by atoms with E-state index in [2.05, 4.69) is 15.3 Å². The van der Waals surface area contributed by atoms with Crippen molar-refractivity contribution in [1.82, 2.24) is 15.3 Å². The first-order valence-corrected chi connectivity index (χ1v) is 8.89. The third-order valence-corrected chi connectivity index (χ3v) is 4.31. The van der Waals surface area contributed by atoms with Crippen LogP contribution < -0.4 is 19.5 Å². The van der Waals surface area contributed by atoms with Crippen molar-refractivity contribution in [2.75, 3.05) is 6.79 Å². The van der Waals surface area contributed by atoms with Crippen molar-refractivity contribution >= 4 is 5.91 Å². The van der Waals surface area contributed by atoms with E-state index in [1.54, 1.807) is 43.7 Å². The number of pyridine rings is 2. The lowest BCUT2D eigenvalue weighted by atomic mass is 10.1. The van der Waals surface area contributed by atoms with Gasteiger partial charge in [0.2, 0.25) is 6.79 Å². The quantitative estimate of drug-likeness (QED) is 0.711. The molecule has 1 atom stereocenters. The maximum Gasteiger partial charge on any atom is 0.261 e. The first kappa shape index (κ1) is 17.8. The Morgan fingerprint density at radius 2 is 2.04 bits per heavy atom. The largest absolute Gasteiger partial charge is 0.481 e. The number of carbonyl (C=O) groups excluding carboxylic acids is 1. The summed E-state index contributed by atoms with van der Waals surface area (Å²) in [6.07, 6.45) is 4.51. The zero-order chi connectivity index (χ0) is 19.3. The third-order valence-electron chi connectivity index (χ3n) is 4.31. The summed E-state index contributed by atoms with van der Waals surface area (Å²) in [5.41, 5.74) is 2.59. The van der Waals surface area contributed by atoms with Crippen LogP contribution >= 0.6 is 0 Å². The molecule has 7 heteroatoms. The molecule has 2 aromatic heterocycles. The lowest BCUT2D eigenvalue weighted by Gasteiger charge is -2.16. The fourth-order valence-corrected chi connectivity index (χ4v) is 2.88. The molecule has 1 unspecified atom stereocenters. The zero-order valence-electron chi connectivity index (χ0n) is 15.3. The van der Waals surface area contributed by atoms with Gasteiger partial charge in [-0.1, -0.05) is 6.07 Å². The molecule has 0 fully saturated rings. The van der Waals surface area contributed by atoms with Gasteiger partial charge < -0.3 is 19.5 Å². The summed E-state index contributed by atoms with van der Waals surface area (Å²) in [6.45, 7) is 2.23. The Morgan fingerprint density at radius 3 is 2.89 bits per heavy atom. The monoisotopic (exact) mass is 377 g/mol. The highest BCUT2D eigenvalue weighted by Crippen LogP contribution is 2.35. The maximum atomic E-state index is 12.5. The number of nitrogens with zero attached hydrogens (tertiary/aromatic N) is 2. The number of aromatic nitrogens is 2. The predicted molar refractivity (Wildman–Crippen MR) is 102 cm³/mol. The van der Waals surface area contributed by atoms with Crippen LogP contribution in [-0.4, -0.2) is 28.8 Å². The van der Waals surface area contributed by atoms with E-state index in [1.807, 2.05) is 24.3 Å². The minimum atomic E-state index is -0.668. The molecular formula is C21H19N3O4. The minimum absolute atomic E-state index is 0.194. The number of rotatable bonds is 6. The molecule has 0 radical (unpaired) electrons. The Labute approximate surface area is 162 Å². The Hall–Kier alpha value is -3.61. The van der Waals surface area contributed by atoms with Crippen LogP contribution in [0.3, 0.4) is 0 Å². The number of amides is 1. The third kappa shape index (κ3) is 3.88. The first-order chi connectivity index (χ1) is 13.7. The van der Waals surface area contributed by atoms with E-state index >= 15 is 0 Å². The van der Waals surface area contributed by atoms with Gasteiger partial charge in [-0.3, -0.25) is 14.8 Å². The number of fused-ring (bicyclic) bond motifs is 1. The van der Waals surface area contributed by atoms with Crippen molar-refractivity contribution in [1.29, 1.82) is 0 Å². The van der Waals surface area contributed by atoms with Gasteiger partial charge in [-0.25, -0.2) is 0 Å². The van der Waals surface area contributed by atoms with E-state index < -0.39 is 6.10 Å². The van der Waals surface area contributed by atoms with Crippen molar-refractivity contribution in [3.8, 4) is 28.5 Å². The summed E-state index contributed by atoms with van der Waals surface area (Å²) < 4.78 is 16.3. The van der Waals surface area contributed by atoms with Gasteiger partial charge in [0, 0.05) is 36.8 Å². The fraction of sp³-hybridized carbons (Fsp3) is 0.190. The van der Waals surface area contributed by atoms with Crippen LogP contribution in [0.2, 0.25) is 0 Å². The summed E-state index contributed by atoms with van der Waals surface area (Å²) in [5.74, 6) is 1.61. The van der Waals surface area contributed by atoms with Crippen molar-refractivity contribution in [3.05, 3.63) is 66.6 Å². The second-order valence-electron chi connectivity index (χ2n) is 6.25. The number of hydrogen-bond donors (Lipinski definition) is 1. The molecule has 0 aliphatic carbocycles. The molecule has 1 aliphatic rings. The van der Waals surface area contributed by atoms with Gasteiger partial charge in [-0.05, 0) is 42.8 Å². The molecule has 0 spiro atoms. The standard InChI is InChI=1S/C21H19N3O4/c1-14(28-17-6-7-18-19(10-17)27-13-26-18)21(25)24-12-16-5-3-9-23-20(16)15-4-2-8-22-11-15/h2-11,14H,12-13H2,1H3,(H,24,25). The van der Waals surface area contributed by atoms with Gasteiger partial charge in [0.25, 0.3) is 5.91 Å². The molecule has 3 aromatic rings. The molecule has 28 heavy (non-hydrogen) atoms. The second kappa shape index (κ2) is 7.96. The van der Waals surface area contributed by atoms with Crippen molar-refractivity contribution < 1.29 is 19.0 Å². The van der Waals surface area contributed by atoms with E-state index in [1.165, 1.54) is 0 Å². The highest BCUT2D eigenvalue weighted by molar-refractivity contribution is 5.81. The maximum absolute atomic E-state index is 12.5. The van der Waals surface area contributed by atoms with Crippen LogP contribution in [0.15, 0.2) is 61.1 Å². The Morgan fingerprint density at radius 1 is 1.18 bits per heavy atom. The van der Waals surface area contributed by atoms with Crippen LogP contribution in [0, 0.1) is 0 Å². The number of carbonyl (C=O) groups is 1. The van der Waals surface area contributed by atoms with Gasteiger partial charge in [-0.15, -0.1) is 0 Å². The smallest absolute Gasteiger partial charge is 0.261 e. The number of nitrogens with one attached hydrogen (secondary N) is 1. The zero-order valence-corrected chi connectivity index (χ0v) is 15.3. The number of hydrogen-bond acceptors (Lipinski definition) is 6. The minimum Gasteiger partial charge on any atom is -0.481 e. The molecular weight excluding hydrogens is 358 g/mol. The SMILES string of the molecule is CC(Oc1ccc2c(c1)OCO2)C(=O)NCc1cccnc1-c1cccnc1. The molecule has 142 valence electrons. The Kier molecular flexibility index (Phi) is 5.05. The van der Waals surface area contributed by atoms with Crippen molar-refractivity contribution in [2.24, 2.45) is 0 Å². The van der Waals surface area contributed by atoms with Crippen molar-refractivity contribution in [3.63, 3.8) is 0 Å². The highest BCUT2D eigenvalue weighted by atomic mass is 16.7. The van der Waals surface area contributed by atoms with Crippen LogP contribution in [-0.2, 0) is 11.3 Å². The molecule has 4 rings (SSSR count). The molecule has 0 saturated carbocycles. The molecule has 1 aromatic carbocycles. The number of benzene rings is 1. The van der Waals surface area contributed by atoms with E-state index in [4.69, 9.17) is 14.2 Å². The highest BCUT2D eigenvalue weighted by Gasteiger charge is 2.18. The van der Waals surface area contributed by atoms with Crippen molar-refractivity contribution in [2.45, 2.75) is 19.6 Å². The van der Waals surface area contributed by atoms with E-state index in [-0.39, 0.29) is 12.7 Å². The molecule has 3 heterocycles. The first-order valence-electron chi connectivity index (χ1n) is 8.89. The Bertz CT molecular complexity index is 978. The normalized spacial score (nSPS) is 13.0. The van der Waals surface area contributed by atoms with Gasteiger partial charge in [0.05, 0.1) is 5.69 Å². The van der Waals surface area contributed by atoms with Gasteiger partial charge in [-0.2, -0.15) is 0 Å². The summed E-state index contributed by atoms with van der Waals surface area (Å²) in [7, 11) is 0. The Balaban J connectivity index is 1.39. The molecule has 1 N–H and O–H groups in total. The summed E-state index contributed by atoms with van der Waals surface area (Å²) >= 11 is 0. The summed E-state index contributed by atoms with van der Waals surface area (Å²) in [4.78, 5) is 21.0. The van der Waals surface area contributed by atoms with Crippen LogP contribution in [0.25, 0.3) is 11.3 Å². The molecule has 1 aliphatic heterocycles. The summed E-state index contributed by atoms with van der Waals surface area (Å²) in [6, 6.07) is 12.8. The molecule has 0 bridgehead atoms. The lowest BCUT2D eigenvalue weighted by Crippen LogP contribution is -2.36. The number of ether oxygens (including phenoxy) is 3. The van der Waals surface area contributed by atoms with E-state index in [0.717, 1.165) is 16.8 Å². The summed E-state index contributed by atoms with van der Waals surface area (Å²) in [5, 5.41) is 2.90. The topological polar surface area (TPSA) is 82.6 Å².